The van der Waals surface area contributed by atoms with Crippen LogP contribution in [0, 0.1) is 20.8 Å². The van der Waals surface area contributed by atoms with E-state index < -0.39 is 9.84 Å². The summed E-state index contributed by atoms with van der Waals surface area (Å²) in [5.74, 6) is -0.326. The minimum Gasteiger partial charge on any atom is -0.321 e. The van der Waals surface area contributed by atoms with Crippen LogP contribution in [0.4, 0.5) is 5.69 Å². The Morgan fingerprint density at radius 3 is 2.15 bits per heavy atom. The number of halogens is 1. The summed E-state index contributed by atoms with van der Waals surface area (Å²) in [5.41, 5.74) is 3.80. The zero-order valence-electron chi connectivity index (χ0n) is 15.0. The van der Waals surface area contributed by atoms with E-state index in [0.717, 1.165) is 33.7 Å². The second-order valence-electron chi connectivity index (χ2n) is 6.30. The number of nitrogens with one attached hydrogen (secondary N) is 1. The van der Waals surface area contributed by atoms with Gasteiger partial charge in [0, 0.05) is 10.7 Å². The third-order valence-electron chi connectivity index (χ3n) is 4.11. The second-order valence-corrected chi connectivity index (χ2v) is 10.0. The maximum Gasteiger partial charge on any atom is 0.265 e. The average Bonchev–Trinajstić information content (AvgIpc) is 3.09. The fraction of sp³-hybridized carbons (Fsp3) is 0.150. The number of hydrogen-bond donors (Lipinski definition) is 1. The third kappa shape index (κ3) is 4.08. The van der Waals surface area contributed by atoms with Gasteiger partial charge in [0.1, 0.15) is 4.21 Å². The van der Waals surface area contributed by atoms with Gasteiger partial charge in [0.25, 0.3) is 5.91 Å². The molecule has 4 nitrogen and oxygen atoms in total. The van der Waals surface area contributed by atoms with E-state index in [4.69, 9.17) is 11.6 Å². The van der Waals surface area contributed by atoms with Crippen molar-refractivity contribution in [1.82, 2.24) is 0 Å². The molecule has 3 aromatic rings. The molecule has 2 aromatic carbocycles. The largest absolute Gasteiger partial charge is 0.321 e. The molecule has 140 valence electrons. The van der Waals surface area contributed by atoms with E-state index in [0.29, 0.717) is 9.90 Å². The number of anilines is 1. The molecule has 1 aromatic heterocycles. The molecule has 0 saturated heterocycles. The summed E-state index contributed by atoms with van der Waals surface area (Å²) < 4.78 is 25.6. The zero-order chi connectivity index (χ0) is 19.8. The van der Waals surface area contributed by atoms with Crippen LogP contribution in [-0.4, -0.2) is 14.3 Å². The molecule has 0 bridgehead atoms. The smallest absolute Gasteiger partial charge is 0.265 e. The number of benzene rings is 2. The van der Waals surface area contributed by atoms with Crippen molar-refractivity contribution < 1.29 is 13.2 Å². The van der Waals surface area contributed by atoms with E-state index in [-0.39, 0.29) is 15.0 Å². The third-order valence-corrected chi connectivity index (χ3v) is 7.71. The van der Waals surface area contributed by atoms with Gasteiger partial charge in [-0.2, -0.15) is 0 Å². The predicted molar refractivity (Wildman–Crippen MR) is 110 cm³/mol. The van der Waals surface area contributed by atoms with Gasteiger partial charge in [-0.3, -0.25) is 4.79 Å². The molecule has 1 heterocycles. The number of carbonyl (C=O) groups is 1. The quantitative estimate of drug-likeness (QED) is 0.614. The summed E-state index contributed by atoms with van der Waals surface area (Å²) in [5, 5.41) is 3.36. The minimum atomic E-state index is -3.68. The Kier molecular flexibility index (Phi) is 5.42. The fourth-order valence-electron chi connectivity index (χ4n) is 2.87. The Bertz CT molecular complexity index is 1090. The number of hydrogen-bond acceptors (Lipinski definition) is 4. The first-order chi connectivity index (χ1) is 12.7. The number of thiophene rings is 1. The van der Waals surface area contributed by atoms with E-state index in [1.54, 1.807) is 0 Å². The summed E-state index contributed by atoms with van der Waals surface area (Å²) in [7, 11) is -3.68. The lowest BCUT2D eigenvalue weighted by Gasteiger charge is -2.12. The first-order valence-electron chi connectivity index (χ1n) is 8.18. The molecule has 1 amide bonds. The monoisotopic (exact) mass is 419 g/mol. The topological polar surface area (TPSA) is 63.2 Å². The van der Waals surface area contributed by atoms with Crippen molar-refractivity contribution in [2.24, 2.45) is 0 Å². The first-order valence-corrected chi connectivity index (χ1v) is 10.9. The van der Waals surface area contributed by atoms with Crippen LogP contribution in [0.5, 0.6) is 0 Å². The lowest BCUT2D eigenvalue weighted by molar-refractivity contribution is 0.103. The van der Waals surface area contributed by atoms with E-state index in [1.165, 1.54) is 36.4 Å². The second kappa shape index (κ2) is 7.46. The van der Waals surface area contributed by atoms with Gasteiger partial charge in [-0.25, -0.2) is 8.42 Å². The van der Waals surface area contributed by atoms with Crippen LogP contribution in [-0.2, 0) is 9.84 Å². The van der Waals surface area contributed by atoms with Gasteiger partial charge in [-0.05, 0) is 68.3 Å². The highest BCUT2D eigenvalue weighted by molar-refractivity contribution is 7.93. The molecule has 0 aliphatic rings. The molecule has 0 spiro atoms. The van der Waals surface area contributed by atoms with Gasteiger partial charge in [0.15, 0.2) is 0 Å². The van der Waals surface area contributed by atoms with Crippen molar-refractivity contribution in [2.45, 2.75) is 29.9 Å². The van der Waals surface area contributed by atoms with Crippen LogP contribution in [0.25, 0.3) is 0 Å². The van der Waals surface area contributed by atoms with E-state index in [9.17, 15) is 13.2 Å². The molecule has 0 aliphatic heterocycles. The Balaban J connectivity index is 1.87. The maximum absolute atomic E-state index is 12.7. The molecule has 7 heteroatoms. The molecular weight excluding hydrogens is 402 g/mol. The normalized spacial score (nSPS) is 11.4. The average molecular weight is 420 g/mol. The highest BCUT2D eigenvalue weighted by Gasteiger charge is 2.22. The van der Waals surface area contributed by atoms with E-state index in [2.05, 4.69) is 5.32 Å². The van der Waals surface area contributed by atoms with Crippen molar-refractivity contribution in [3.05, 3.63) is 75.1 Å². The SMILES string of the molecule is Cc1cc(C)c(NC(=O)c2ccc(S(=O)(=O)c3ccc(Cl)cc3)s2)c(C)c1. The standard InChI is InChI=1S/C20H18ClNO3S2/c1-12-10-13(2)19(14(3)11-12)22-20(23)17-8-9-18(26-17)27(24,25)16-6-4-15(21)5-7-16/h4-11H,1-3H3,(H,22,23). The Morgan fingerprint density at radius 2 is 1.56 bits per heavy atom. The van der Waals surface area contributed by atoms with Crippen LogP contribution in [0.1, 0.15) is 26.4 Å². The molecule has 0 atom stereocenters. The molecule has 0 radical (unpaired) electrons. The van der Waals surface area contributed by atoms with Crippen molar-refractivity contribution in [3.63, 3.8) is 0 Å². The molecule has 0 fully saturated rings. The highest BCUT2D eigenvalue weighted by Crippen LogP contribution is 2.30. The number of amides is 1. The van der Waals surface area contributed by atoms with Crippen LogP contribution >= 0.6 is 22.9 Å². The van der Waals surface area contributed by atoms with Gasteiger partial charge in [-0.1, -0.05) is 29.3 Å². The molecule has 0 unspecified atom stereocenters. The van der Waals surface area contributed by atoms with Crippen molar-refractivity contribution in [1.29, 1.82) is 0 Å². The fourth-order valence-corrected chi connectivity index (χ4v) is 5.60. The maximum atomic E-state index is 12.7. The summed E-state index contributed by atoms with van der Waals surface area (Å²) >= 11 is 6.77. The van der Waals surface area contributed by atoms with Crippen molar-refractivity contribution in [2.75, 3.05) is 5.32 Å². The zero-order valence-corrected chi connectivity index (χ0v) is 17.4. The lowest BCUT2D eigenvalue weighted by atomic mass is 10.1. The Hall–Kier alpha value is -2.15. The van der Waals surface area contributed by atoms with Gasteiger partial charge in [0.2, 0.25) is 9.84 Å². The first kappa shape index (κ1) is 19.6. The number of aryl methyl sites for hydroxylation is 3. The van der Waals surface area contributed by atoms with Crippen molar-refractivity contribution in [3.8, 4) is 0 Å². The van der Waals surface area contributed by atoms with Crippen LogP contribution < -0.4 is 5.32 Å². The van der Waals surface area contributed by atoms with Gasteiger partial charge in [0.05, 0.1) is 9.77 Å². The summed E-state index contributed by atoms with van der Waals surface area (Å²) in [4.78, 5) is 13.1. The highest BCUT2D eigenvalue weighted by atomic mass is 35.5. The van der Waals surface area contributed by atoms with Crippen LogP contribution in [0.15, 0.2) is 57.6 Å². The summed E-state index contributed by atoms with van der Waals surface area (Å²) in [6.07, 6.45) is 0. The number of carbonyl (C=O) groups excluding carboxylic acids is 1. The number of rotatable bonds is 4. The van der Waals surface area contributed by atoms with E-state index >= 15 is 0 Å². The molecule has 3 rings (SSSR count). The molecular formula is C20H18ClNO3S2. The molecule has 0 aliphatic carbocycles. The Labute approximate surface area is 167 Å². The van der Waals surface area contributed by atoms with Crippen molar-refractivity contribution >= 4 is 44.4 Å². The molecule has 27 heavy (non-hydrogen) atoms. The van der Waals surface area contributed by atoms with E-state index in [1.807, 2.05) is 32.9 Å². The molecule has 0 saturated carbocycles. The minimum absolute atomic E-state index is 0.118. The summed E-state index contributed by atoms with van der Waals surface area (Å²) in [6.45, 7) is 5.86. The Morgan fingerprint density at radius 1 is 0.963 bits per heavy atom. The van der Waals surface area contributed by atoms with Crippen LogP contribution in [0.2, 0.25) is 5.02 Å². The van der Waals surface area contributed by atoms with Gasteiger partial charge >= 0.3 is 0 Å². The molecule has 1 N–H and O–H groups in total. The number of sulfone groups is 1. The van der Waals surface area contributed by atoms with Crippen LogP contribution in [0.3, 0.4) is 0 Å². The van der Waals surface area contributed by atoms with Gasteiger partial charge in [-0.15, -0.1) is 11.3 Å². The van der Waals surface area contributed by atoms with Gasteiger partial charge < -0.3 is 5.32 Å². The predicted octanol–water partition coefficient (Wildman–Crippen LogP) is 5.41. The summed E-state index contributed by atoms with van der Waals surface area (Å²) in [6, 6.07) is 12.9. The lowest BCUT2D eigenvalue weighted by Crippen LogP contribution is -2.12.